The monoisotopic (exact) mass is 450 g/mol. The van der Waals surface area contributed by atoms with Crippen LogP contribution in [0.4, 0.5) is 5.69 Å². The van der Waals surface area contributed by atoms with Crippen LogP contribution >= 0.6 is 23.2 Å². The minimum Gasteiger partial charge on any atom is -0.319 e. The Morgan fingerprint density at radius 1 is 0.935 bits per heavy atom. The van der Waals surface area contributed by atoms with Crippen molar-refractivity contribution < 1.29 is 4.79 Å². The lowest BCUT2D eigenvalue weighted by atomic mass is 10.1. The van der Waals surface area contributed by atoms with Gasteiger partial charge in [0.2, 0.25) is 5.82 Å². The van der Waals surface area contributed by atoms with Crippen LogP contribution in [-0.2, 0) is 0 Å². The van der Waals surface area contributed by atoms with Gasteiger partial charge >= 0.3 is 0 Å². The van der Waals surface area contributed by atoms with Crippen LogP contribution in [0.25, 0.3) is 17.1 Å². The third-order valence-corrected chi connectivity index (χ3v) is 5.85. The first-order valence-electron chi connectivity index (χ1n) is 9.70. The largest absolute Gasteiger partial charge is 0.319 e. The molecule has 1 aromatic heterocycles. The molecule has 5 nitrogen and oxygen atoms in total. The van der Waals surface area contributed by atoms with Gasteiger partial charge in [0.1, 0.15) is 0 Å². The second-order valence-electron chi connectivity index (χ2n) is 7.34. The lowest BCUT2D eigenvalue weighted by Gasteiger charge is -2.08. The number of halogens is 2. The number of hydrogen-bond acceptors (Lipinski definition) is 3. The average Bonchev–Trinajstić information content (AvgIpc) is 3.19. The van der Waals surface area contributed by atoms with Crippen molar-refractivity contribution >= 4 is 34.8 Å². The van der Waals surface area contributed by atoms with Gasteiger partial charge in [0.15, 0.2) is 5.82 Å². The first-order chi connectivity index (χ1) is 14.8. The van der Waals surface area contributed by atoms with Crippen molar-refractivity contribution in [2.45, 2.75) is 20.8 Å². The Morgan fingerprint density at radius 3 is 2.39 bits per heavy atom. The highest BCUT2D eigenvalue weighted by atomic mass is 35.5. The van der Waals surface area contributed by atoms with Gasteiger partial charge in [-0.3, -0.25) is 4.79 Å². The molecule has 1 amide bonds. The van der Waals surface area contributed by atoms with E-state index in [0.29, 0.717) is 21.6 Å². The van der Waals surface area contributed by atoms with Crippen molar-refractivity contribution in [1.82, 2.24) is 14.8 Å². The fraction of sp³-hybridized carbons (Fsp3) is 0.125. The Morgan fingerprint density at radius 2 is 1.68 bits per heavy atom. The molecule has 31 heavy (non-hydrogen) atoms. The molecular formula is C24H20Cl2N4O. The molecule has 0 aliphatic rings. The zero-order valence-electron chi connectivity index (χ0n) is 17.3. The smallest absolute Gasteiger partial charge is 0.295 e. The summed E-state index contributed by atoms with van der Waals surface area (Å²) in [4.78, 5) is 17.5. The van der Waals surface area contributed by atoms with E-state index in [1.807, 2.05) is 63.2 Å². The number of anilines is 1. The van der Waals surface area contributed by atoms with Gasteiger partial charge in [0.05, 0.1) is 5.69 Å². The van der Waals surface area contributed by atoms with Crippen LogP contribution in [0, 0.1) is 20.8 Å². The van der Waals surface area contributed by atoms with Crippen molar-refractivity contribution in [3.05, 3.63) is 93.2 Å². The Balaban J connectivity index is 1.78. The summed E-state index contributed by atoms with van der Waals surface area (Å²) in [5.74, 6) is 0.176. The van der Waals surface area contributed by atoms with Gasteiger partial charge in [-0.25, -0.2) is 9.67 Å². The maximum atomic E-state index is 13.0. The van der Waals surface area contributed by atoms with Crippen LogP contribution in [0.2, 0.25) is 10.0 Å². The molecule has 7 heteroatoms. The molecule has 0 saturated heterocycles. The fourth-order valence-corrected chi connectivity index (χ4v) is 3.46. The molecule has 1 heterocycles. The molecule has 156 valence electrons. The van der Waals surface area contributed by atoms with E-state index in [0.717, 1.165) is 27.9 Å². The Labute approximate surface area is 190 Å². The van der Waals surface area contributed by atoms with Gasteiger partial charge in [-0.05, 0) is 56.2 Å². The molecule has 4 rings (SSSR count). The predicted molar refractivity (Wildman–Crippen MR) is 125 cm³/mol. The number of aromatic nitrogens is 3. The second kappa shape index (κ2) is 8.53. The molecule has 0 fully saturated rings. The molecular weight excluding hydrogens is 431 g/mol. The Bertz CT molecular complexity index is 1280. The van der Waals surface area contributed by atoms with E-state index in [1.165, 1.54) is 0 Å². The third kappa shape index (κ3) is 4.33. The van der Waals surface area contributed by atoms with Crippen LogP contribution in [0.1, 0.15) is 27.3 Å². The molecule has 0 atom stereocenters. The zero-order valence-corrected chi connectivity index (χ0v) is 18.8. The summed E-state index contributed by atoms with van der Waals surface area (Å²) in [5, 5.41) is 8.54. The SMILES string of the molecule is Cc1ccc(-c2nc(C(=O)Nc3cccc(Cl)c3C)nn2-c2ccc(C)c(Cl)c2)cc1. The van der Waals surface area contributed by atoms with Gasteiger partial charge in [0.25, 0.3) is 5.91 Å². The van der Waals surface area contributed by atoms with Crippen LogP contribution in [-0.4, -0.2) is 20.7 Å². The summed E-state index contributed by atoms with van der Waals surface area (Å²) >= 11 is 12.5. The standard InChI is InChI=1S/C24H20Cl2N4O/c1-14-7-10-17(11-8-14)23-28-22(24(31)27-21-6-4-5-19(25)16(21)3)29-30(23)18-12-9-15(2)20(26)13-18/h4-13H,1-3H3,(H,27,31). The van der Waals surface area contributed by atoms with Crippen LogP contribution in [0.15, 0.2) is 60.7 Å². The second-order valence-corrected chi connectivity index (χ2v) is 8.15. The summed E-state index contributed by atoms with van der Waals surface area (Å²) in [5.41, 5.74) is 5.04. The molecule has 3 aromatic carbocycles. The van der Waals surface area contributed by atoms with Crippen LogP contribution < -0.4 is 5.32 Å². The van der Waals surface area contributed by atoms with Crippen molar-refractivity contribution in [2.75, 3.05) is 5.32 Å². The molecule has 0 aliphatic carbocycles. The van der Waals surface area contributed by atoms with E-state index in [1.54, 1.807) is 22.9 Å². The van der Waals surface area contributed by atoms with Gasteiger partial charge in [-0.15, -0.1) is 5.10 Å². The topological polar surface area (TPSA) is 59.8 Å². The maximum absolute atomic E-state index is 13.0. The summed E-state index contributed by atoms with van der Waals surface area (Å²) in [6, 6.07) is 18.9. The number of carbonyl (C=O) groups excluding carboxylic acids is 1. The molecule has 0 spiro atoms. The predicted octanol–water partition coefficient (Wildman–Crippen LogP) is 6.42. The Kier molecular flexibility index (Phi) is 5.81. The van der Waals surface area contributed by atoms with Crippen LogP contribution in [0.5, 0.6) is 0 Å². The number of aryl methyl sites for hydroxylation is 2. The average molecular weight is 451 g/mol. The quantitative estimate of drug-likeness (QED) is 0.390. The van der Waals surface area contributed by atoms with E-state index >= 15 is 0 Å². The molecule has 0 saturated carbocycles. The molecule has 0 bridgehead atoms. The highest BCUT2D eigenvalue weighted by Crippen LogP contribution is 2.26. The summed E-state index contributed by atoms with van der Waals surface area (Å²) < 4.78 is 1.63. The first kappa shape index (κ1) is 21.1. The summed E-state index contributed by atoms with van der Waals surface area (Å²) in [7, 11) is 0. The fourth-order valence-electron chi connectivity index (χ4n) is 3.11. The molecule has 0 aliphatic heterocycles. The van der Waals surface area contributed by atoms with Crippen molar-refractivity contribution in [3.8, 4) is 17.1 Å². The molecule has 0 unspecified atom stereocenters. The highest BCUT2D eigenvalue weighted by Gasteiger charge is 2.20. The van der Waals surface area contributed by atoms with Gasteiger partial charge in [0, 0.05) is 21.3 Å². The normalized spacial score (nSPS) is 10.9. The van der Waals surface area contributed by atoms with Crippen molar-refractivity contribution in [1.29, 1.82) is 0 Å². The number of amides is 1. The van der Waals surface area contributed by atoms with Crippen molar-refractivity contribution in [3.63, 3.8) is 0 Å². The van der Waals surface area contributed by atoms with Crippen molar-refractivity contribution in [2.24, 2.45) is 0 Å². The van der Waals surface area contributed by atoms with E-state index < -0.39 is 5.91 Å². The molecule has 4 aromatic rings. The molecule has 0 radical (unpaired) electrons. The van der Waals surface area contributed by atoms with E-state index in [4.69, 9.17) is 23.2 Å². The van der Waals surface area contributed by atoms with E-state index in [-0.39, 0.29) is 5.82 Å². The number of benzene rings is 3. The number of carbonyl (C=O) groups is 1. The number of nitrogens with one attached hydrogen (secondary N) is 1. The highest BCUT2D eigenvalue weighted by molar-refractivity contribution is 6.32. The minimum absolute atomic E-state index is 0.0478. The van der Waals surface area contributed by atoms with Gasteiger partial charge in [-0.2, -0.15) is 0 Å². The van der Waals surface area contributed by atoms with Gasteiger partial charge in [-0.1, -0.05) is 65.2 Å². The summed E-state index contributed by atoms with van der Waals surface area (Å²) in [6.45, 7) is 5.79. The lowest BCUT2D eigenvalue weighted by Crippen LogP contribution is -2.15. The van der Waals surface area contributed by atoms with Crippen LogP contribution in [0.3, 0.4) is 0 Å². The Hall–Kier alpha value is -3.15. The molecule has 1 N–H and O–H groups in total. The maximum Gasteiger partial charge on any atom is 0.295 e. The zero-order chi connectivity index (χ0) is 22.1. The van der Waals surface area contributed by atoms with E-state index in [9.17, 15) is 4.79 Å². The third-order valence-electron chi connectivity index (χ3n) is 5.04. The lowest BCUT2D eigenvalue weighted by molar-refractivity contribution is 0.101. The number of rotatable bonds is 4. The first-order valence-corrected chi connectivity index (χ1v) is 10.5. The summed E-state index contributed by atoms with van der Waals surface area (Å²) in [6.07, 6.45) is 0. The number of hydrogen-bond donors (Lipinski definition) is 1. The van der Waals surface area contributed by atoms with Gasteiger partial charge < -0.3 is 5.32 Å². The number of nitrogens with zero attached hydrogens (tertiary/aromatic N) is 3. The van der Waals surface area contributed by atoms with E-state index in [2.05, 4.69) is 15.4 Å². The minimum atomic E-state index is -0.421.